The summed E-state index contributed by atoms with van der Waals surface area (Å²) in [5.74, 6) is -0.0834. The summed E-state index contributed by atoms with van der Waals surface area (Å²) in [5, 5.41) is 3.45. The van der Waals surface area contributed by atoms with Gasteiger partial charge >= 0.3 is 0 Å². The molecule has 0 aromatic heterocycles. The molecule has 3 nitrogen and oxygen atoms in total. The second-order valence-electron chi connectivity index (χ2n) is 6.66. The van der Waals surface area contributed by atoms with E-state index in [1.807, 2.05) is 6.07 Å². The van der Waals surface area contributed by atoms with Crippen LogP contribution in [-0.2, 0) is 6.54 Å². The van der Waals surface area contributed by atoms with Gasteiger partial charge < -0.3 is 10.2 Å². The highest BCUT2D eigenvalue weighted by molar-refractivity contribution is 5.55. The molecule has 0 spiro atoms. The van der Waals surface area contributed by atoms with Crippen LogP contribution >= 0.6 is 0 Å². The maximum Gasteiger partial charge on any atom is 0.129 e. The lowest BCUT2D eigenvalue weighted by atomic mass is 10.1. The molecule has 2 aliphatic rings. The molecule has 0 bridgehead atoms. The Morgan fingerprint density at radius 1 is 1.19 bits per heavy atom. The van der Waals surface area contributed by atoms with E-state index in [-0.39, 0.29) is 5.82 Å². The molecule has 1 aromatic rings. The number of halogens is 1. The van der Waals surface area contributed by atoms with Crippen molar-refractivity contribution in [3.8, 4) is 0 Å². The minimum absolute atomic E-state index is 0.0834. The molecule has 1 saturated carbocycles. The maximum atomic E-state index is 14.3. The summed E-state index contributed by atoms with van der Waals surface area (Å²) in [6, 6.07) is 7.05. The molecule has 0 radical (unpaired) electrons. The zero-order valence-corrected chi connectivity index (χ0v) is 13.3. The highest BCUT2D eigenvalue weighted by Gasteiger charge is 2.28. The van der Waals surface area contributed by atoms with Gasteiger partial charge in [0.05, 0.1) is 0 Å². The molecule has 2 fully saturated rings. The zero-order valence-electron chi connectivity index (χ0n) is 13.3. The highest BCUT2D eigenvalue weighted by atomic mass is 19.1. The molecule has 1 saturated heterocycles. The zero-order chi connectivity index (χ0) is 15.0. The van der Waals surface area contributed by atoms with Gasteiger partial charge in [-0.3, -0.25) is 4.90 Å². The molecule has 1 aromatic carbocycles. The lowest BCUT2D eigenvalue weighted by molar-refractivity contribution is 0.170. The van der Waals surface area contributed by atoms with Gasteiger partial charge in [-0.2, -0.15) is 0 Å². The third-order valence-corrected chi connectivity index (χ3v) is 4.94. The van der Waals surface area contributed by atoms with Crippen molar-refractivity contribution in [1.82, 2.24) is 10.2 Å². The first kappa shape index (κ1) is 14.8. The Balaban J connectivity index is 1.81. The van der Waals surface area contributed by atoms with Crippen molar-refractivity contribution in [3.05, 3.63) is 29.6 Å². The van der Waals surface area contributed by atoms with E-state index in [9.17, 15) is 4.39 Å². The molecule has 4 heteroatoms. The monoisotopic (exact) mass is 291 g/mol. The van der Waals surface area contributed by atoms with E-state index >= 15 is 0 Å². The normalized spacial score (nSPS) is 27.1. The number of rotatable bonds is 4. The Hall–Kier alpha value is -1.13. The Morgan fingerprint density at radius 3 is 2.48 bits per heavy atom. The molecule has 0 amide bonds. The average Bonchev–Trinajstić information content (AvgIpc) is 3.27. The van der Waals surface area contributed by atoms with Crippen LogP contribution in [-0.4, -0.2) is 43.2 Å². The molecule has 1 N–H and O–H groups in total. The van der Waals surface area contributed by atoms with Gasteiger partial charge in [-0.25, -0.2) is 4.39 Å². The van der Waals surface area contributed by atoms with Gasteiger partial charge in [0.15, 0.2) is 0 Å². The van der Waals surface area contributed by atoms with Gasteiger partial charge in [0.1, 0.15) is 5.82 Å². The first-order valence-electron chi connectivity index (χ1n) is 8.04. The van der Waals surface area contributed by atoms with Gasteiger partial charge in [-0.15, -0.1) is 0 Å². The quantitative estimate of drug-likeness (QED) is 0.920. The summed E-state index contributed by atoms with van der Waals surface area (Å²) >= 11 is 0. The molecule has 116 valence electrons. The van der Waals surface area contributed by atoms with Crippen molar-refractivity contribution in [2.24, 2.45) is 0 Å². The van der Waals surface area contributed by atoms with Gasteiger partial charge in [-0.05, 0) is 45.9 Å². The third-order valence-electron chi connectivity index (χ3n) is 4.94. The largest absolute Gasteiger partial charge is 0.368 e. The minimum atomic E-state index is -0.0834. The molecule has 21 heavy (non-hydrogen) atoms. The lowest BCUT2D eigenvalue weighted by Gasteiger charge is -2.44. The predicted molar refractivity (Wildman–Crippen MR) is 85.2 cm³/mol. The number of nitrogens with zero attached hydrogens (tertiary/aromatic N) is 2. The fraction of sp³-hybridized carbons (Fsp3) is 0.647. The van der Waals surface area contributed by atoms with E-state index in [4.69, 9.17) is 0 Å². The molecule has 3 rings (SSSR count). The number of hydrogen-bond donors (Lipinski definition) is 1. The van der Waals surface area contributed by atoms with Gasteiger partial charge in [-0.1, -0.05) is 6.07 Å². The summed E-state index contributed by atoms with van der Waals surface area (Å²) in [6.07, 6.45) is 2.46. The Kier molecular flexibility index (Phi) is 4.18. The summed E-state index contributed by atoms with van der Waals surface area (Å²) in [5.41, 5.74) is 1.89. The number of piperazine rings is 1. The average molecular weight is 291 g/mol. The number of likely N-dealkylation sites (N-methyl/N-ethyl adjacent to an activating group) is 1. The van der Waals surface area contributed by atoms with E-state index in [1.165, 1.54) is 12.8 Å². The molecular weight excluding hydrogens is 265 g/mol. The van der Waals surface area contributed by atoms with Crippen LogP contribution in [0, 0.1) is 5.82 Å². The summed E-state index contributed by atoms with van der Waals surface area (Å²) in [6.45, 7) is 7.04. The van der Waals surface area contributed by atoms with Crippen LogP contribution in [0.15, 0.2) is 18.2 Å². The van der Waals surface area contributed by atoms with Crippen LogP contribution in [0.1, 0.15) is 32.3 Å². The second kappa shape index (κ2) is 5.93. The maximum absolute atomic E-state index is 14.3. The van der Waals surface area contributed by atoms with Crippen molar-refractivity contribution in [2.45, 2.75) is 51.4 Å². The number of benzene rings is 1. The van der Waals surface area contributed by atoms with Crippen LogP contribution in [0.3, 0.4) is 0 Å². The second-order valence-corrected chi connectivity index (χ2v) is 6.66. The van der Waals surface area contributed by atoms with Crippen LogP contribution in [0.2, 0.25) is 0 Å². The fourth-order valence-electron chi connectivity index (χ4n) is 3.15. The van der Waals surface area contributed by atoms with Gasteiger partial charge in [0, 0.05) is 49.0 Å². The molecule has 1 heterocycles. The Bertz CT molecular complexity index is 489. The topological polar surface area (TPSA) is 18.5 Å². The molecular formula is C17H26FN3. The van der Waals surface area contributed by atoms with E-state index in [0.29, 0.717) is 24.7 Å². The highest BCUT2D eigenvalue weighted by Crippen LogP contribution is 2.28. The van der Waals surface area contributed by atoms with Crippen LogP contribution < -0.4 is 10.2 Å². The molecule has 1 aliphatic heterocycles. The van der Waals surface area contributed by atoms with Crippen molar-refractivity contribution in [3.63, 3.8) is 0 Å². The number of anilines is 1. The van der Waals surface area contributed by atoms with Crippen LogP contribution in [0.25, 0.3) is 0 Å². The van der Waals surface area contributed by atoms with Crippen molar-refractivity contribution in [1.29, 1.82) is 0 Å². The van der Waals surface area contributed by atoms with E-state index < -0.39 is 0 Å². The van der Waals surface area contributed by atoms with Crippen molar-refractivity contribution < 1.29 is 4.39 Å². The van der Waals surface area contributed by atoms with Crippen molar-refractivity contribution in [2.75, 3.05) is 25.0 Å². The van der Waals surface area contributed by atoms with E-state index in [0.717, 1.165) is 24.3 Å². The summed E-state index contributed by atoms with van der Waals surface area (Å²) < 4.78 is 14.3. The van der Waals surface area contributed by atoms with Gasteiger partial charge in [0.25, 0.3) is 0 Å². The predicted octanol–water partition coefficient (Wildman–Crippen LogP) is 2.61. The third kappa shape index (κ3) is 3.22. The summed E-state index contributed by atoms with van der Waals surface area (Å²) in [7, 11) is 2.17. The van der Waals surface area contributed by atoms with Crippen LogP contribution in [0.5, 0.6) is 0 Å². The number of nitrogens with one attached hydrogen (secondary N) is 1. The minimum Gasteiger partial charge on any atom is -0.368 e. The number of hydrogen-bond acceptors (Lipinski definition) is 3. The Labute approximate surface area is 127 Å². The van der Waals surface area contributed by atoms with E-state index in [2.05, 4.69) is 42.1 Å². The van der Waals surface area contributed by atoms with Crippen LogP contribution in [0.4, 0.5) is 10.1 Å². The molecule has 2 unspecified atom stereocenters. The SMILES string of the molecule is CC1CN(c2cccc(F)c2CNC2CC2)CC(C)N1C. The smallest absolute Gasteiger partial charge is 0.129 e. The van der Waals surface area contributed by atoms with E-state index in [1.54, 1.807) is 6.07 Å². The molecule has 1 aliphatic carbocycles. The summed E-state index contributed by atoms with van der Waals surface area (Å²) in [4.78, 5) is 4.75. The molecule has 2 atom stereocenters. The lowest BCUT2D eigenvalue weighted by Crippen LogP contribution is -2.55. The standard InChI is InChI=1S/C17H26FN3/c1-12-10-21(11-13(2)20(12)3)17-6-4-5-16(18)15(17)9-19-14-7-8-14/h4-6,12-14,19H,7-11H2,1-3H3. The first-order valence-corrected chi connectivity index (χ1v) is 8.04. The fourth-order valence-corrected chi connectivity index (χ4v) is 3.15. The first-order chi connectivity index (χ1) is 10.1. The Morgan fingerprint density at radius 2 is 1.86 bits per heavy atom. The van der Waals surface area contributed by atoms with Crippen molar-refractivity contribution >= 4 is 5.69 Å². The van der Waals surface area contributed by atoms with Gasteiger partial charge in [0.2, 0.25) is 0 Å².